The normalized spacial score (nSPS) is 12.1. The van der Waals surface area contributed by atoms with Gasteiger partial charge < -0.3 is 5.32 Å². The standard InChI is InChI=1S/C19H18ClN3OS/c1-12(14-7-3-5-9-16(14)20)21-18(24)11-25-19-15-8-4-6-10-17(15)22-13(2)23-19/h3-10,12H,11H2,1-2H3,(H,21,24)/t12-/m0/s1. The van der Waals surface area contributed by atoms with Gasteiger partial charge in [-0.15, -0.1) is 0 Å². The van der Waals surface area contributed by atoms with Gasteiger partial charge in [-0.3, -0.25) is 4.79 Å². The molecule has 1 amide bonds. The smallest absolute Gasteiger partial charge is 0.230 e. The van der Waals surface area contributed by atoms with Crippen molar-refractivity contribution < 1.29 is 4.79 Å². The van der Waals surface area contributed by atoms with Crippen molar-refractivity contribution in [1.29, 1.82) is 0 Å². The molecule has 0 unspecified atom stereocenters. The van der Waals surface area contributed by atoms with E-state index in [-0.39, 0.29) is 17.7 Å². The average molecular weight is 372 g/mol. The number of hydrogen-bond donors (Lipinski definition) is 1. The molecule has 0 radical (unpaired) electrons. The lowest BCUT2D eigenvalue weighted by molar-refractivity contribution is -0.119. The quantitative estimate of drug-likeness (QED) is 0.527. The van der Waals surface area contributed by atoms with Gasteiger partial charge in [0, 0.05) is 10.4 Å². The molecule has 1 heterocycles. The molecule has 0 fully saturated rings. The number of carbonyl (C=O) groups excluding carboxylic acids is 1. The van der Waals surface area contributed by atoms with Crippen molar-refractivity contribution in [3.8, 4) is 0 Å². The van der Waals surface area contributed by atoms with E-state index in [1.165, 1.54) is 11.8 Å². The van der Waals surface area contributed by atoms with Crippen LogP contribution < -0.4 is 5.32 Å². The minimum Gasteiger partial charge on any atom is -0.349 e. The molecule has 0 saturated heterocycles. The van der Waals surface area contributed by atoms with E-state index in [4.69, 9.17) is 11.6 Å². The second kappa shape index (κ2) is 7.85. The van der Waals surface area contributed by atoms with Gasteiger partial charge >= 0.3 is 0 Å². The molecule has 0 aliphatic rings. The van der Waals surface area contributed by atoms with Crippen molar-refractivity contribution >= 4 is 40.2 Å². The Bertz CT molecular complexity index is 916. The molecule has 0 spiro atoms. The van der Waals surface area contributed by atoms with Crippen LogP contribution >= 0.6 is 23.4 Å². The summed E-state index contributed by atoms with van der Waals surface area (Å²) in [6.07, 6.45) is 0. The number of aryl methyl sites for hydroxylation is 1. The van der Waals surface area contributed by atoms with E-state index in [2.05, 4.69) is 15.3 Å². The largest absolute Gasteiger partial charge is 0.349 e. The van der Waals surface area contributed by atoms with Crippen molar-refractivity contribution in [2.45, 2.75) is 24.9 Å². The molecular formula is C19H18ClN3OS. The van der Waals surface area contributed by atoms with Crippen molar-refractivity contribution in [2.24, 2.45) is 0 Å². The third-order valence-electron chi connectivity index (χ3n) is 3.77. The number of nitrogens with one attached hydrogen (secondary N) is 1. The second-order valence-electron chi connectivity index (χ2n) is 5.69. The number of benzene rings is 2. The number of carbonyl (C=O) groups is 1. The third kappa shape index (κ3) is 4.30. The maximum Gasteiger partial charge on any atom is 0.230 e. The Hall–Kier alpha value is -2.11. The van der Waals surface area contributed by atoms with Gasteiger partial charge in [-0.05, 0) is 31.5 Å². The number of nitrogens with zero attached hydrogens (tertiary/aromatic N) is 2. The van der Waals surface area contributed by atoms with Crippen LogP contribution in [0.3, 0.4) is 0 Å². The van der Waals surface area contributed by atoms with Crippen molar-refractivity contribution in [3.05, 3.63) is 64.9 Å². The number of aromatic nitrogens is 2. The minimum atomic E-state index is -0.148. The number of para-hydroxylation sites is 1. The molecule has 3 rings (SSSR count). The zero-order chi connectivity index (χ0) is 17.8. The van der Waals surface area contributed by atoms with Crippen LogP contribution in [0.4, 0.5) is 0 Å². The highest BCUT2D eigenvalue weighted by Crippen LogP contribution is 2.26. The molecule has 2 aromatic carbocycles. The molecule has 1 atom stereocenters. The Balaban J connectivity index is 1.68. The molecule has 128 valence electrons. The Morgan fingerprint density at radius 2 is 1.88 bits per heavy atom. The lowest BCUT2D eigenvalue weighted by Gasteiger charge is -2.15. The van der Waals surface area contributed by atoms with Gasteiger partial charge in [0.1, 0.15) is 10.9 Å². The van der Waals surface area contributed by atoms with E-state index < -0.39 is 0 Å². The summed E-state index contributed by atoms with van der Waals surface area (Å²) < 4.78 is 0. The molecule has 0 bridgehead atoms. The molecule has 1 N–H and O–H groups in total. The van der Waals surface area contributed by atoms with Gasteiger partial charge in [-0.25, -0.2) is 9.97 Å². The first-order valence-corrected chi connectivity index (χ1v) is 9.31. The molecule has 25 heavy (non-hydrogen) atoms. The van der Waals surface area contributed by atoms with Crippen LogP contribution in [0.15, 0.2) is 53.6 Å². The summed E-state index contributed by atoms with van der Waals surface area (Å²) >= 11 is 7.60. The van der Waals surface area contributed by atoms with Gasteiger partial charge in [0.2, 0.25) is 5.91 Å². The zero-order valence-electron chi connectivity index (χ0n) is 14.0. The lowest BCUT2D eigenvalue weighted by atomic mass is 10.1. The van der Waals surface area contributed by atoms with Crippen LogP contribution in [0.2, 0.25) is 5.02 Å². The van der Waals surface area contributed by atoms with Crippen LogP contribution in [0, 0.1) is 6.92 Å². The fourth-order valence-corrected chi connectivity index (χ4v) is 3.76. The molecule has 1 aromatic heterocycles. The topological polar surface area (TPSA) is 54.9 Å². The fourth-order valence-electron chi connectivity index (χ4n) is 2.59. The SMILES string of the molecule is Cc1nc(SCC(=O)N[C@@H](C)c2ccccc2Cl)c2ccccc2n1. The van der Waals surface area contributed by atoms with E-state index in [0.29, 0.717) is 10.8 Å². The van der Waals surface area contributed by atoms with Crippen LogP contribution in [0.25, 0.3) is 10.9 Å². The molecule has 6 heteroatoms. The van der Waals surface area contributed by atoms with E-state index in [1.54, 1.807) is 0 Å². The van der Waals surface area contributed by atoms with Crippen LogP contribution in [0.1, 0.15) is 24.4 Å². The summed E-state index contributed by atoms with van der Waals surface area (Å²) in [5.41, 5.74) is 1.80. The Kier molecular flexibility index (Phi) is 5.56. The first-order valence-electron chi connectivity index (χ1n) is 7.94. The Morgan fingerprint density at radius 3 is 2.68 bits per heavy atom. The number of amides is 1. The highest BCUT2D eigenvalue weighted by molar-refractivity contribution is 8.00. The van der Waals surface area contributed by atoms with Crippen molar-refractivity contribution in [2.75, 3.05) is 5.75 Å². The maximum absolute atomic E-state index is 12.3. The van der Waals surface area contributed by atoms with Crippen molar-refractivity contribution in [1.82, 2.24) is 15.3 Å². The van der Waals surface area contributed by atoms with Gasteiger partial charge in [0.05, 0.1) is 17.3 Å². The highest BCUT2D eigenvalue weighted by Gasteiger charge is 2.14. The predicted octanol–water partition coefficient (Wildman–Crippen LogP) is 4.56. The monoisotopic (exact) mass is 371 g/mol. The molecule has 0 aliphatic heterocycles. The number of rotatable bonds is 5. The second-order valence-corrected chi connectivity index (χ2v) is 7.06. The average Bonchev–Trinajstić information content (AvgIpc) is 2.59. The maximum atomic E-state index is 12.3. The van der Waals surface area contributed by atoms with E-state index in [0.717, 1.165) is 21.5 Å². The van der Waals surface area contributed by atoms with Crippen LogP contribution in [-0.4, -0.2) is 21.6 Å². The third-order valence-corrected chi connectivity index (χ3v) is 5.10. The number of fused-ring (bicyclic) bond motifs is 1. The Morgan fingerprint density at radius 1 is 1.16 bits per heavy atom. The number of thioether (sulfide) groups is 1. The molecule has 4 nitrogen and oxygen atoms in total. The van der Waals surface area contributed by atoms with Gasteiger partial charge in [0.15, 0.2) is 0 Å². The minimum absolute atomic E-state index is 0.0576. The highest BCUT2D eigenvalue weighted by atomic mass is 35.5. The Labute approximate surface area is 156 Å². The van der Waals surface area contributed by atoms with Crippen molar-refractivity contribution in [3.63, 3.8) is 0 Å². The molecule has 0 saturated carbocycles. The summed E-state index contributed by atoms with van der Waals surface area (Å²) in [7, 11) is 0. The molecule has 0 aliphatic carbocycles. The van der Waals surface area contributed by atoms with Crippen LogP contribution in [0.5, 0.6) is 0 Å². The lowest BCUT2D eigenvalue weighted by Crippen LogP contribution is -2.28. The fraction of sp³-hybridized carbons (Fsp3) is 0.211. The zero-order valence-corrected chi connectivity index (χ0v) is 15.6. The first-order chi connectivity index (χ1) is 12.0. The summed E-state index contributed by atoms with van der Waals surface area (Å²) in [6.45, 7) is 3.78. The van der Waals surface area contributed by atoms with Crippen LogP contribution in [-0.2, 0) is 4.79 Å². The van der Waals surface area contributed by atoms with E-state index >= 15 is 0 Å². The molecule has 3 aromatic rings. The number of hydrogen-bond acceptors (Lipinski definition) is 4. The predicted molar refractivity (Wildman–Crippen MR) is 103 cm³/mol. The summed E-state index contributed by atoms with van der Waals surface area (Å²) in [5, 5.41) is 5.42. The summed E-state index contributed by atoms with van der Waals surface area (Å²) in [5.74, 6) is 0.929. The molecular weight excluding hydrogens is 354 g/mol. The summed E-state index contributed by atoms with van der Waals surface area (Å²) in [6, 6.07) is 15.2. The summed E-state index contributed by atoms with van der Waals surface area (Å²) in [4.78, 5) is 21.2. The number of halogens is 1. The van der Waals surface area contributed by atoms with Gasteiger partial charge in [-0.1, -0.05) is 59.8 Å². The van der Waals surface area contributed by atoms with Gasteiger partial charge in [-0.2, -0.15) is 0 Å². The van der Waals surface area contributed by atoms with Gasteiger partial charge in [0.25, 0.3) is 0 Å². The van der Waals surface area contributed by atoms with E-state index in [9.17, 15) is 4.79 Å². The van der Waals surface area contributed by atoms with E-state index in [1.807, 2.05) is 62.4 Å². The first kappa shape index (κ1) is 17.7.